The zero-order chi connectivity index (χ0) is 13.1. The van der Waals surface area contributed by atoms with Gasteiger partial charge in [-0.05, 0) is 30.8 Å². The highest BCUT2D eigenvalue weighted by atomic mass is 35.5. The summed E-state index contributed by atoms with van der Waals surface area (Å²) < 4.78 is 0.250. The van der Waals surface area contributed by atoms with Crippen LogP contribution in [0.15, 0.2) is 18.2 Å². The van der Waals surface area contributed by atoms with E-state index in [1.807, 2.05) is 37.0 Å². The lowest BCUT2D eigenvalue weighted by Gasteiger charge is -2.23. The molecule has 0 fully saturated rings. The van der Waals surface area contributed by atoms with Crippen molar-refractivity contribution in [2.75, 3.05) is 12.8 Å². The molecule has 0 radical (unpaired) electrons. The van der Waals surface area contributed by atoms with Gasteiger partial charge in [0.1, 0.15) is 0 Å². The van der Waals surface area contributed by atoms with Crippen molar-refractivity contribution < 1.29 is 0 Å². The third kappa shape index (κ3) is 5.09. The molecule has 0 spiro atoms. The molecule has 96 valence electrons. The van der Waals surface area contributed by atoms with Crippen LogP contribution in [-0.4, -0.2) is 17.5 Å². The van der Waals surface area contributed by atoms with E-state index in [0.29, 0.717) is 0 Å². The zero-order valence-electron chi connectivity index (χ0n) is 10.7. The quantitative estimate of drug-likeness (QED) is 0.856. The van der Waals surface area contributed by atoms with E-state index in [-0.39, 0.29) is 10.8 Å². The lowest BCUT2D eigenvalue weighted by atomic mass is 10.1. The molecular formula is C13H19Cl2NS. The number of nitrogens with one attached hydrogen (secondary N) is 1. The van der Waals surface area contributed by atoms with Gasteiger partial charge in [0.15, 0.2) is 0 Å². The Bertz CT molecular complexity index is 374. The van der Waals surface area contributed by atoms with Gasteiger partial charge in [0.2, 0.25) is 0 Å². The fourth-order valence-electron chi connectivity index (χ4n) is 1.44. The molecule has 1 N–H and O–H groups in total. The zero-order valence-corrected chi connectivity index (χ0v) is 13.0. The maximum atomic E-state index is 6.21. The minimum absolute atomic E-state index is 0.227. The molecule has 0 aliphatic rings. The Kier molecular flexibility index (Phi) is 5.65. The largest absolute Gasteiger partial charge is 0.312 e. The molecule has 0 saturated heterocycles. The van der Waals surface area contributed by atoms with Crippen LogP contribution in [0.25, 0.3) is 0 Å². The van der Waals surface area contributed by atoms with E-state index < -0.39 is 0 Å². The van der Waals surface area contributed by atoms with Gasteiger partial charge >= 0.3 is 0 Å². The minimum atomic E-state index is 0.227. The van der Waals surface area contributed by atoms with E-state index in [0.717, 1.165) is 21.4 Å². The molecule has 1 aromatic carbocycles. The Labute approximate surface area is 118 Å². The van der Waals surface area contributed by atoms with Gasteiger partial charge in [-0.2, -0.15) is 11.8 Å². The van der Waals surface area contributed by atoms with Crippen molar-refractivity contribution in [3.8, 4) is 0 Å². The number of thioether (sulfide) groups is 1. The summed E-state index contributed by atoms with van der Waals surface area (Å²) in [6.45, 7) is 6.64. The maximum absolute atomic E-state index is 6.21. The van der Waals surface area contributed by atoms with E-state index in [4.69, 9.17) is 23.2 Å². The predicted octanol–water partition coefficient (Wildman–Crippen LogP) is 4.79. The van der Waals surface area contributed by atoms with E-state index in [9.17, 15) is 0 Å². The highest BCUT2D eigenvalue weighted by molar-refractivity contribution is 8.00. The van der Waals surface area contributed by atoms with Gasteiger partial charge in [-0.25, -0.2) is 0 Å². The summed E-state index contributed by atoms with van der Waals surface area (Å²) in [5, 5.41) is 4.79. The first-order chi connectivity index (χ1) is 7.83. The molecule has 1 aromatic rings. The lowest BCUT2D eigenvalue weighted by molar-refractivity contribution is 0.657. The Morgan fingerprint density at radius 2 is 1.94 bits per heavy atom. The highest BCUT2D eigenvalue weighted by Gasteiger charge is 2.18. The maximum Gasteiger partial charge on any atom is 0.0455 e. The molecule has 1 unspecified atom stereocenters. The molecule has 0 aromatic heterocycles. The SMILES string of the molecule is CNC(CSC(C)(C)C)c1cc(Cl)ccc1Cl. The number of benzene rings is 1. The molecule has 1 atom stereocenters. The van der Waals surface area contributed by atoms with Crippen LogP contribution in [0.1, 0.15) is 32.4 Å². The summed E-state index contributed by atoms with van der Waals surface area (Å²) in [4.78, 5) is 0. The number of rotatable bonds is 4. The van der Waals surface area contributed by atoms with Gasteiger partial charge in [0.05, 0.1) is 0 Å². The van der Waals surface area contributed by atoms with Crippen LogP contribution in [-0.2, 0) is 0 Å². The lowest BCUT2D eigenvalue weighted by Crippen LogP contribution is -2.22. The van der Waals surface area contributed by atoms with Crippen LogP contribution in [0.5, 0.6) is 0 Å². The molecule has 0 bridgehead atoms. The molecule has 0 aliphatic carbocycles. The second-order valence-electron chi connectivity index (χ2n) is 4.93. The fourth-order valence-corrected chi connectivity index (χ4v) is 2.89. The summed E-state index contributed by atoms with van der Waals surface area (Å²) in [5.41, 5.74) is 1.07. The molecule has 1 rings (SSSR count). The van der Waals surface area contributed by atoms with E-state index in [1.54, 1.807) is 0 Å². The average Bonchev–Trinajstić information content (AvgIpc) is 2.22. The Balaban J connectivity index is 2.82. The summed E-state index contributed by atoms with van der Waals surface area (Å²) >= 11 is 14.1. The van der Waals surface area contributed by atoms with Crippen molar-refractivity contribution in [3.63, 3.8) is 0 Å². The summed E-state index contributed by atoms with van der Waals surface area (Å²) in [6.07, 6.45) is 0. The predicted molar refractivity (Wildman–Crippen MR) is 80.5 cm³/mol. The highest BCUT2D eigenvalue weighted by Crippen LogP contribution is 2.32. The molecule has 4 heteroatoms. The molecule has 0 amide bonds. The summed E-state index contributed by atoms with van der Waals surface area (Å²) in [5.74, 6) is 0.972. The number of hydrogen-bond donors (Lipinski definition) is 1. The topological polar surface area (TPSA) is 12.0 Å². The van der Waals surface area contributed by atoms with Crippen LogP contribution in [0.2, 0.25) is 10.0 Å². The molecule has 17 heavy (non-hydrogen) atoms. The Morgan fingerprint density at radius 1 is 1.29 bits per heavy atom. The van der Waals surface area contributed by atoms with E-state index >= 15 is 0 Å². The third-order valence-electron chi connectivity index (χ3n) is 2.36. The van der Waals surface area contributed by atoms with Crippen molar-refractivity contribution in [3.05, 3.63) is 33.8 Å². The Morgan fingerprint density at radius 3 is 2.47 bits per heavy atom. The van der Waals surface area contributed by atoms with Crippen molar-refractivity contribution in [1.29, 1.82) is 0 Å². The average molecular weight is 292 g/mol. The van der Waals surface area contributed by atoms with Crippen molar-refractivity contribution >= 4 is 35.0 Å². The first-order valence-corrected chi connectivity index (χ1v) is 7.34. The second-order valence-corrected chi connectivity index (χ2v) is 7.62. The van der Waals surface area contributed by atoms with Crippen LogP contribution < -0.4 is 5.32 Å². The Hall–Kier alpha value is 0.110. The minimum Gasteiger partial charge on any atom is -0.312 e. The van der Waals surface area contributed by atoms with E-state index in [1.165, 1.54) is 0 Å². The van der Waals surface area contributed by atoms with Crippen molar-refractivity contribution in [2.24, 2.45) is 0 Å². The van der Waals surface area contributed by atoms with Gasteiger partial charge in [-0.3, -0.25) is 0 Å². The van der Waals surface area contributed by atoms with Crippen LogP contribution >= 0.6 is 35.0 Å². The first kappa shape index (κ1) is 15.2. The number of hydrogen-bond acceptors (Lipinski definition) is 2. The van der Waals surface area contributed by atoms with Crippen LogP contribution in [0.3, 0.4) is 0 Å². The van der Waals surface area contributed by atoms with Crippen LogP contribution in [0.4, 0.5) is 0 Å². The normalized spacial score (nSPS) is 13.8. The molecule has 1 nitrogen and oxygen atoms in total. The monoisotopic (exact) mass is 291 g/mol. The third-order valence-corrected chi connectivity index (χ3v) is 4.31. The molecule has 0 saturated carbocycles. The fraction of sp³-hybridized carbons (Fsp3) is 0.538. The second kappa shape index (κ2) is 6.33. The van der Waals surface area contributed by atoms with Gasteiger partial charge < -0.3 is 5.32 Å². The summed E-state index contributed by atoms with van der Waals surface area (Å²) in [6, 6.07) is 5.83. The standard InChI is InChI=1S/C13H19Cl2NS/c1-13(2,3)17-8-12(16-4)10-7-9(14)5-6-11(10)15/h5-7,12,16H,8H2,1-4H3. The smallest absolute Gasteiger partial charge is 0.0455 e. The molecule has 0 heterocycles. The van der Waals surface area contributed by atoms with Gasteiger partial charge in [0.25, 0.3) is 0 Å². The van der Waals surface area contributed by atoms with Crippen molar-refractivity contribution in [2.45, 2.75) is 31.6 Å². The van der Waals surface area contributed by atoms with Gasteiger partial charge in [-0.1, -0.05) is 44.0 Å². The summed E-state index contributed by atoms with van der Waals surface area (Å²) in [7, 11) is 1.95. The first-order valence-electron chi connectivity index (χ1n) is 5.59. The van der Waals surface area contributed by atoms with E-state index in [2.05, 4.69) is 26.1 Å². The molecular weight excluding hydrogens is 273 g/mol. The van der Waals surface area contributed by atoms with Crippen molar-refractivity contribution in [1.82, 2.24) is 5.32 Å². The van der Waals surface area contributed by atoms with Crippen LogP contribution in [0, 0.1) is 0 Å². The molecule has 0 aliphatic heterocycles. The van der Waals surface area contributed by atoms with Gasteiger partial charge in [0, 0.05) is 26.6 Å². The number of halogens is 2. The van der Waals surface area contributed by atoms with Gasteiger partial charge in [-0.15, -0.1) is 0 Å².